The molecule has 1 aromatic carbocycles. The number of carbonyl (C=O) groups is 1. The van der Waals surface area contributed by atoms with Crippen molar-refractivity contribution in [2.75, 3.05) is 13.1 Å². The third-order valence-corrected chi connectivity index (χ3v) is 5.70. The van der Waals surface area contributed by atoms with Crippen LogP contribution < -0.4 is 0 Å². The third-order valence-electron chi connectivity index (χ3n) is 5.70. The van der Waals surface area contributed by atoms with Gasteiger partial charge in [0.25, 0.3) is 0 Å². The van der Waals surface area contributed by atoms with E-state index in [1.807, 2.05) is 32.9 Å². The van der Waals surface area contributed by atoms with Crippen molar-refractivity contribution in [3.8, 4) is 11.3 Å². The highest BCUT2D eigenvalue weighted by Gasteiger charge is 2.29. The average molecular weight is 408 g/mol. The largest absolute Gasteiger partial charge is 0.444 e. The number of ether oxygens (including phenoxy) is 1. The molecule has 1 amide bonds. The lowest BCUT2D eigenvalue weighted by Crippen LogP contribution is -2.42. The predicted molar refractivity (Wildman–Crippen MR) is 116 cm³/mol. The Morgan fingerprint density at radius 3 is 2.57 bits per heavy atom. The first-order valence-corrected chi connectivity index (χ1v) is 10.5. The molecule has 3 heterocycles. The quantitative estimate of drug-likeness (QED) is 0.617. The number of nitrogens with zero attached hydrogens (tertiary/aromatic N) is 5. The van der Waals surface area contributed by atoms with Gasteiger partial charge in [-0.1, -0.05) is 6.07 Å². The van der Waals surface area contributed by atoms with Crippen LogP contribution in [-0.2, 0) is 4.74 Å². The molecule has 0 radical (unpaired) electrons. The molecule has 4 rings (SSSR count). The molecule has 2 aromatic heterocycles. The van der Waals surface area contributed by atoms with Gasteiger partial charge in [0.1, 0.15) is 5.60 Å². The first-order chi connectivity index (χ1) is 14.2. The number of likely N-dealkylation sites (tertiary alicyclic amines) is 1. The summed E-state index contributed by atoms with van der Waals surface area (Å²) >= 11 is 0. The van der Waals surface area contributed by atoms with Crippen molar-refractivity contribution < 1.29 is 9.53 Å². The molecule has 1 fully saturated rings. The lowest BCUT2D eigenvalue weighted by atomic mass is 10.0. The minimum atomic E-state index is -0.468. The topological polar surface area (TPSA) is 73.1 Å². The second-order valence-electron chi connectivity index (χ2n) is 9.01. The smallest absolute Gasteiger partial charge is 0.410 e. The Hall–Kier alpha value is -2.96. The second kappa shape index (κ2) is 7.70. The molecule has 1 aliphatic heterocycles. The number of rotatable bonds is 2. The number of hydrogen-bond donors (Lipinski definition) is 0. The first kappa shape index (κ1) is 20.3. The summed E-state index contributed by atoms with van der Waals surface area (Å²) in [5, 5.41) is 14.1. The number of carbonyl (C=O) groups excluding carboxylic acids is 1. The molecular weight excluding hydrogens is 378 g/mol. The van der Waals surface area contributed by atoms with Crippen LogP contribution >= 0.6 is 0 Å². The molecule has 7 nitrogen and oxygen atoms in total. The summed E-state index contributed by atoms with van der Waals surface area (Å²) in [5.74, 6) is 0. The zero-order valence-corrected chi connectivity index (χ0v) is 18.3. The zero-order chi connectivity index (χ0) is 21.5. The van der Waals surface area contributed by atoms with E-state index in [0.29, 0.717) is 13.1 Å². The predicted octanol–water partition coefficient (Wildman–Crippen LogP) is 4.68. The number of aromatic nitrogens is 4. The van der Waals surface area contributed by atoms with Crippen molar-refractivity contribution in [2.45, 2.75) is 59.1 Å². The highest BCUT2D eigenvalue weighted by atomic mass is 16.6. The van der Waals surface area contributed by atoms with Gasteiger partial charge in [-0.15, -0.1) is 0 Å². The lowest BCUT2D eigenvalue weighted by molar-refractivity contribution is 0.0184. The van der Waals surface area contributed by atoms with Crippen LogP contribution in [0.4, 0.5) is 4.79 Å². The molecular formula is C23H29N5O2. The monoisotopic (exact) mass is 407 g/mol. The normalized spacial score (nSPS) is 15.6. The molecule has 1 saturated heterocycles. The fourth-order valence-corrected chi connectivity index (χ4v) is 3.99. The minimum Gasteiger partial charge on any atom is -0.444 e. The van der Waals surface area contributed by atoms with E-state index in [2.05, 4.69) is 40.9 Å². The molecule has 0 unspecified atom stereocenters. The molecule has 158 valence electrons. The maximum atomic E-state index is 12.3. The Balaban J connectivity index is 1.53. The minimum absolute atomic E-state index is 0.228. The van der Waals surface area contributed by atoms with Gasteiger partial charge in [-0.3, -0.25) is 4.68 Å². The molecule has 0 spiro atoms. The van der Waals surface area contributed by atoms with E-state index in [4.69, 9.17) is 9.84 Å². The molecule has 1 aliphatic rings. The van der Waals surface area contributed by atoms with Gasteiger partial charge in [-0.2, -0.15) is 15.3 Å². The Morgan fingerprint density at radius 1 is 1.13 bits per heavy atom. The second-order valence-corrected chi connectivity index (χ2v) is 9.01. The molecule has 0 bridgehead atoms. The summed E-state index contributed by atoms with van der Waals surface area (Å²) in [6, 6.07) is 8.42. The van der Waals surface area contributed by atoms with Crippen LogP contribution in [0.2, 0.25) is 0 Å². The van der Waals surface area contributed by atoms with E-state index >= 15 is 0 Å². The Morgan fingerprint density at radius 2 is 1.87 bits per heavy atom. The SMILES string of the molecule is Cc1c(-c2ccc3nnccc3c2)nn(C2CCN(C(=O)OC(C)(C)C)CC2)c1C. The lowest BCUT2D eigenvalue weighted by Gasteiger charge is -2.33. The van der Waals surface area contributed by atoms with Crippen molar-refractivity contribution in [1.82, 2.24) is 24.9 Å². The van der Waals surface area contributed by atoms with E-state index in [-0.39, 0.29) is 12.1 Å². The maximum absolute atomic E-state index is 12.3. The van der Waals surface area contributed by atoms with Crippen LogP contribution in [0.3, 0.4) is 0 Å². The number of piperidine rings is 1. The zero-order valence-electron chi connectivity index (χ0n) is 18.3. The molecule has 7 heteroatoms. The van der Waals surface area contributed by atoms with Crippen LogP contribution in [0.1, 0.15) is 50.9 Å². The van der Waals surface area contributed by atoms with Crippen molar-refractivity contribution in [2.24, 2.45) is 0 Å². The first-order valence-electron chi connectivity index (χ1n) is 10.5. The van der Waals surface area contributed by atoms with Crippen molar-refractivity contribution in [1.29, 1.82) is 0 Å². The van der Waals surface area contributed by atoms with Crippen molar-refractivity contribution in [3.05, 3.63) is 41.7 Å². The van der Waals surface area contributed by atoms with E-state index in [1.54, 1.807) is 11.1 Å². The van der Waals surface area contributed by atoms with Crippen LogP contribution in [-0.4, -0.2) is 49.7 Å². The highest BCUT2D eigenvalue weighted by molar-refractivity contribution is 5.83. The van der Waals surface area contributed by atoms with Crippen LogP contribution in [0.5, 0.6) is 0 Å². The Kier molecular flexibility index (Phi) is 5.22. The van der Waals surface area contributed by atoms with Crippen LogP contribution in [0.15, 0.2) is 30.5 Å². The Labute approximate surface area is 177 Å². The number of hydrogen-bond acceptors (Lipinski definition) is 5. The van der Waals surface area contributed by atoms with Gasteiger partial charge < -0.3 is 9.64 Å². The molecule has 0 N–H and O–H groups in total. The maximum Gasteiger partial charge on any atom is 0.410 e. The number of fused-ring (bicyclic) bond motifs is 1. The summed E-state index contributed by atoms with van der Waals surface area (Å²) in [6.45, 7) is 11.3. The summed E-state index contributed by atoms with van der Waals surface area (Å²) in [5.41, 5.74) is 4.86. The molecule has 3 aromatic rings. The summed E-state index contributed by atoms with van der Waals surface area (Å²) in [7, 11) is 0. The fourth-order valence-electron chi connectivity index (χ4n) is 3.99. The van der Waals surface area contributed by atoms with Gasteiger partial charge in [0, 0.05) is 29.7 Å². The van der Waals surface area contributed by atoms with E-state index < -0.39 is 5.60 Å². The number of benzene rings is 1. The van der Waals surface area contributed by atoms with Crippen molar-refractivity contribution in [3.63, 3.8) is 0 Å². The van der Waals surface area contributed by atoms with Gasteiger partial charge in [0.2, 0.25) is 0 Å². The standard InChI is InChI=1S/C23H29N5O2/c1-15-16(2)28(19-9-12-27(13-10-19)22(29)30-23(3,4)5)26-21(15)18-6-7-20-17(14-18)8-11-24-25-20/h6-8,11,14,19H,9-10,12-13H2,1-5H3. The summed E-state index contributed by atoms with van der Waals surface area (Å²) in [6.07, 6.45) is 3.22. The van der Waals surface area contributed by atoms with E-state index in [0.717, 1.165) is 35.0 Å². The molecule has 0 atom stereocenters. The van der Waals surface area contributed by atoms with Crippen LogP contribution in [0, 0.1) is 13.8 Å². The van der Waals surface area contributed by atoms with Crippen LogP contribution in [0.25, 0.3) is 22.2 Å². The highest BCUT2D eigenvalue weighted by Crippen LogP contribution is 2.31. The average Bonchev–Trinajstić information content (AvgIpc) is 3.01. The fraction of sp³-hybridized carbons (Fsp3) is 0.478. The van der Waals surface area contributed by atoms with Gasteiger partial charge >= 0.3 is 6.09 Å². The van der Waals surface area contributed by atoms with Gasteiger partial charge in [-0.25, -0.2) is 4.79 Å². The summed E-state index contributed by atoms with van der Waals surface area (Å²) < 4.78 is 7.66. The van der Waals surface area contributed by atoms with Gasteiger partial charge in [0.15, 0.2) is 0 Å². The molecule has 0 aliphatic carbocycles. The van der Waals surface area contributed by atoms with Gasteiger partial charge in [0.05, 0.1) is 23.4 Å². The van der Waals surface area contributed by atoms with Gasteiger partial charge in [-0.05, 0) is 71.2 Å². The number of amides is 1. The molecule has 0 saturated carbocycles. The van der Waals surface area contributed by atoms with Crippen molar-refractivity contribution >= 4 is 17.0 Å². The van der Waals surface area contributed by atoms with E-state index in [9.17, 15) is 4.79 Å². The van der Waals surface area contributed by atoms with E-state index in [1.165, 1.54) is 11.3 Å². The molecule has 30 heavy (non-hydrogen) atoms. The Bertz CT molecular complexity index is 1070. The third kappa shape index (κ3) is 4.01. The summed E-state index contributed by atoms with van der Waals surface area (Å²) in [4.78, 5) is 14.2.